The summed E-state index contributed by atoms with van der Waals surface area (Å²) in [5.74, 6) is 4.24. The Balaban J connectivity index is 1.32. The third kappa shape index (κ3) is 3.44. The molecular weight excluding hydrogens is 412 g/mol. The molecule has 1 aromatic rings. The fourth-order valence-electron chi connectivity index (χ4n) is 5.54. The molecule has 4 aliphatic rings. The number of hydrogen-bond acceptors (Lipinski definition) is 5. The second-order valence-corrected chi connectivity index (χ2v) is 11.7. The van der Waals surface area contributed by atoms with Crippen molar-refractivity contribution in [2.45, 2.75) is 29.8 Å². The van der Waals surface area contributed by atoms with Gasteiger partial charge in [-0.25, -0.2) is 0 Å². The van der Waals surface area contributed by atoms with Crippen molar-refractivity contribution in [3.05, 3.63) is 23.2 Å². The summed E-state index contributed by atoms with van der Waals surface area (Å²) in [6, 6.07) is 5.82. The van der Waals surface area contributed by atoms with Gasteiger partial charge in [0.1, 0.15) is 0 Å². The summed E-state index contributed by atoms with van der Waals surface area (Å²) in [6.07, 6.45) is 4.67. The number of benzene rings is 1. The van der Waals surface area contributed by atoms with E-state index in [2.05, 4.69) is 33.7 Å². The van der Waals surface area contributed by atoms with Crippen LogP contribution >= 0.6 is 35.1 Å². The Bertz CT molecular complexity index is 734. The fraction of sp³-hybridized carbons (Fsp3) is 0.667. The van der Waals surface area contributed by atoms with Crippen LogP contribution < -0.4 is 10.2 Å². The van der Waals surface area contributed by atoms with Gasteiger partial charge in [-0.3, -0.25) is 4.79 Å². The average Bonchev–Trinajstić information content (AvgIpc) is 3.24. The van der Waals surface area contributed by atoms with E-state index in [0.717, 1.165) is 50.5 Å². The number of nitrogens with one attached hydrogen (secondary N) is 1. The number of hydrogen-bond donors (Lipinski definition) is 1. The van der Waals surface area contributed by atoms with E-state index in [1.807, 2.05) is 18.2 Å². The van der Waals surface area contributed by atoms with Crippen LogP contribution in [-0.4, -0.2) is 47.8 Å². The van der Waals surface area contributed by atoms with Crippen LogP contribution in [0.3, 0.4) is 0 Å². The second-order valence-electron chi connectivity index (χ2n) is 8.31. The molecule has 1 N–H and O–H groups in total. The number of ether oxygens (including phenoxy) is 1. The number of carbonyl (C=O) groups excluding carboxylic acids is 1. The van der Waals surface area contributed by atoms with Crippen LogP contribution in [0.4, 0.5) is 11.4 Å². The van der Waals surface area contributed by atoms with Crippen molar-refractivity contribution in [2.75, 3.05) is 48.0 Å². The first-order chi connectivity index (χ1) is 13.7. The maximum absolute atomic E-state index is 13.2. The minimum Gasteiger partial charge on any atom is -0.378 e. The molecule has 1 spiro atoms. The van der Waals surface area contributed by atoms with Crippen molar-refractivity contribution >= 4 is 52.4 Å². The molecule has 1 amide bonds. The molecule has 2 aliphatic heterocycles. The van der Waals surface area contributed by atoms with Gasteiger partial charge in [0.2, 0.25) is 5.91 Å². The van der Waals surface area contributed by atoms with Crippen LogP contribution in [0.25, 0.3) is 0 Å². The molecule has 2 saturated carbocycles. The molecule has 7 heteroatoms. The van der Waals surface area contributed by atoms with Crippen LogP contribution in [0, 0.1) is 17.8 Å². The van der Waals surface area contributed by atoms with E-state index in [1.165, 1.54) is 24.3 Å². The number of anilines is 2. The number of morpholine rings is 1. The zero-order valence-corrected chi connectivity index (χ0v) is 18.4. The highest BCUT2D eigenvalue weighted by Gasteiger charge is 2.57. The molecular formula is C21H27ClN2O2S2. The summed E-state index contributed by atoms with van der Waals surface area (Å²) in [7, 11) is 0. The van der Waals surface area contributed by atoms with Crippen molar-refractivity contribution in [3.63, 3.8) is 0 Å². The van der Waals surface area contributed by atoms with Crippen LogP contribution in [0.2, 0.25) is 5.02 Å². The lowest BCUT2D eigenvalue weighted by Crippen LogP contribution is -2.41. The van der Waals surface area contributed by atoms with Gasteiger partial charge < -0.3 is 15.0 Å². The normalized spacial score (nSPS) is 31.3. The van der Waals surface area contributed by atoms with Gasteiger partial charge in [-0.2, -0.15) is 0 Å². The van der Waals surface area contributed by atoms with Gasteiger partial charge in [-0.15, -0.1) is 23.5 Å². The van der Waals surface area contributed by atoms with Crippen LogP contribution in [0.1, 0.15) is 25.7 Å². The molecule has 2 bridgehead atoms. The van der Waals surface area contributed by atoms with Gasteiger partial charge in [0.05, 0.1) is 28.7 Å². The lowest BCUT2D eigenvalue weighted by Gasteiger charge is -2.42. The van der Waals surface area contributed by atoms with Crippen molar-refractivity contribution in [2.24, 2.45) is 17.8 Å². The number of carbonyl (C=O) groups is 1. The van der Waals surface area contributed by atoms with Gasteiger partial charge in [0.25, 0.3) is 0 Å². The third-order valence-electron chi connectivity index (χ3n) is 6.82. The number of nitrogens with zero attached hydrogens (tertiary/aromatic N) is 1. The van der Waals surface area contributed by atoms with Crippen molar-refractivity contribution < 1.29 is 9.53 Å². The monoisotopic (exact) mass is 438 g/mol. The molecule has 2 heterocycles. The molecule has 2 aliphatic carbocycles. The summed E-state index contributed by atoms with van der Waals surface area (Å²) in [4.78, 5) is 15.5. The second kappa shape index (κ2) is 7.93. The van der Waals surface area contributed by atoms with Gasteiger partial charge in [-0.1, -0.05) is 11.6 Å². The van der Waals surface area contributed by atoms with E-state index in [4.69, 9.17) is 16.3 Å². The molecule has 2 saturated heterocycles. The van der Waals surface area contributed by atoms with Crippen molar-refractivity contribution in [3.8, 4) is 0 Å². The zero-order chi connectivity index (χ0) is 19.1. The Hall–Kier alpha value is -0.560. The fourth-order valence-corrected chi connectivity index (χ4v) is 9.65. The first-order valence-electron chi connectivity index (χ1n) is 10.4. The minimum atomic E-state index is 0.126. The van der Waals surface area contributed by atoms with Crippen LogP contribution in [0.15, 0.2) is 18.2 Å². The maximum Gasteiger partial charge on any atom is 0.227 e. The summed E-state index contributed by atoms with van der Waals surface area (Å²) >= 11 is 10.6. The van der Waals surface area contributed by atoms with E-state index < -0.39 is 0 Å². The average molecular weight is 439 g/mol. The first-order valence-corrected chi connectivity index (χ1v) is 12.7. The van der Waals surface area contributed by atoms with E-state index in [9.17, 15) is 4.79 Å². The van der Waals surface area contributed by atoms with E-state index in [-0.39, 0.29) is 11.8 Å². The number of rotatable bonds is 3. The predicted molar refractivity (Wildman–Crippen MR) is 120 cm³/mol. The Labute approximate surface area is 180 Å². The Morgan fingerprint density at radius 3 is 2.50 bits per heavy atom. The summed E-state index contributed by atoms with van der Waals surface area (Å²) in [5, 5.41) is 3.91. The van der Waals surface area contributed by atoms with Gasteiger partial charge >= 0.3 is 0 Å². The summed E-state index contributed by atoms with van der Waals surface area (Å²) < 4.78 is 5.90. The molecule has 4 nitrogen and oxygen atoms in total. The number of amides is 1. The van der Waals surface area contributed by atoms with Crippen LogP contribution in [0.5, 0.6) is 0 Å². The van der Waals surface area contributed by atoms with E-state index in [0.29, 0.717) is 20.9 Å². The molecule has 4 fully saturated rings. The Kier molecular flexibility index (Phi) is 5.50. The number of thioether (sulfide) groups is 2. The van der Waals surface area contributed by atoms with Gasteiger partial charge in [0.15, 0.2) is 0 Å². The smallest absolute Gasteiger partial charge is 0.227 e. The van der Waals surface area contributed by atoms with Crippen molar-refractivity contribution in [1.82, 2.24) is 0 Å². The largest absolute Gasteiger partial charge is 0.378 e. The highest BCUT2D eigenvalue weighted by Crippen LogP contribution is 2.65. The topological polar surface area (TPSA) is 41.6 Å². The predicted octanol–water partition coefficient (Wildman–Crippen LogP) is 4.73. The maximum atomic E-state index is 13.2. The minimum absolute atomic E-state index is 0.126. The zero-order valence-electron chi connectivity index (χ0n) is 16.0. The molecule has 152 valence electrons. The molecule has 0 aromatic heterocycles. The molecule has 0 radical (unpaired) electrons. The first kappa shape index (κ1) is 19.4. The van der Waals surface area contributed by atoms with Crippen LogP contribution in [-0.2, 0) is 9.53 Å². The highest BCUT2D eigenvalue weighted by atomic mass is 35.5. The van der Waals surface area contributed by atoms with E-state index in [1.54, 1.807) is 0 Å². The lowest BCUT2D eigenvalue weighted by atomic mass is 9.79. The summed E-state index contributed by atoms with van der Waals surface area (Å²) in [5.41, 5.74) is 1.90. The molecule has 2 unspecified atom stereocenters. The van der Waals surface area contributed by atoms with Gasteiger partial charge in [-0.05, 0) is 55.7 Å². The molecule has 5 rings (SSSR count). The number of halogens is 1. The quantitative estimate of drug-likeness (QED) is 0.738. The van der Waals surface area contributed by atoms with Crippen molar-refractivity contribution in [1.29, 1.82) is 0 Å². The third-order valence-corrected chi connectivity index (χ3v) is 11.1. The Morgan fingerprint density at radius 2 is 1.82 bits per heavy atom. The SMILES string of the molecule is O=C(Nc1cc(Cl)ccc1N1CCOCC1)C1CC2CCC(C1)C21SCCS1. The molecule has 2 atom stereocenters. The molecule has 1 aromatic carbocycles. The lowest BCUT2D eigenvalue weighted by molar-refractivity contribution is -0.121. The van der Waals surface area contributed by atoms with E-state index >= 15 is 0 Å². The standard InChI is InChI=1S/C21H27ClN2O2S2/c22-17-3-4-19(24-5-7-26-8-6-24)18(13-17)23-20(25)14-11-15-1-2-16(12-14)21(15)27-9-10-28-21/h3-4,13-16H,1-2,5-12H2,(H,23,25). The summed E-state index contributed by atoms with van der Waals surface area (Å²) in [6.45, 7) is 3.13. The highest BCUT2D eigenvalue weighted by molar-refractivity contribution is 8.21. The molecule has 28 heavy (non-hydrogen) atoms. The Morgan fingerprint density at radius 1 is 1.14 bits per heavy atom. The van der Waals surface area contributed by atoms with Gasteiger partial charge in [0, 0.05) is 35.5 Å².